The Kier molecular flexibility index (Phi) is 6.50. The molecule has 3 nitrogen and oxygen atoms in total. The van der Waals surface area contributed by atoms with Crippen molar-refractivity contribution in [1.82, 2.24) is 0 Å². The van der Waals surface area contributed by atoms with Gasteiger partial charge in [-0.15, -0.1) is 0 Å². The van der Waals surface area contributed by atoms with E-state index in [-0.39, 0.29) is 12.2 Å². The smallest absolute Gasteiger partial charge is 0.142 e. The molecule has 0 bridgehead atoms. The second-order valence-corrected chi connectivity index (χ2v) is 4.98. The molecule has 0 saturated heterocycles. The summed E-state index contributed by atoms with van der Waals surface area (Å²) in [4.78, 5) is 0. The Morgan fingerprint density at radius 3 is 2.70 bits per heavy atom. The molecular weight excluding hydrogens is 259 g/mol. The minimum Gasteiger partial charge on any atom is -0.493 e. The molecule has 0 aliphatic carbocycles. The van der Waals surface area contributed by atoms with E-state index in [9.17, 15) is 4.39 Å². The van der Waals surface area contributed by atoms with Gasteiger partial charge in [-0.2, -0.15) is 0 Å². The summed E-state index contributed by atoms with van der Waals surface area (Å²) in [6.45, 7) is 4.37. The van der Waals surface area contributed by atoms with E-state index in [2.05, 4.69) is 11.8 Å². The highest BCUT2D eigenvalue weighted by atomic mass is 19.1. The fraction of sp³-hybridized carbons (Fsp3) is 0.500. The van der Waals surface area contributed by atoms with Crippen molar-refractivity contribution >= 4 is 0 Å². The van der Waals surface area contributed by atoms with Crippen molar-refractivity contribution < 1.29 is 19.0 Å². The number of aliphatic hydroxyl groups excluding tert-OH is 1. The summed E-state index contributed by atoms with van der Waals surface area (Å²) < 4.78 is 24.5. The molecule has 1 rings (SSSR count). The minimum atomic E-state index is -0.418. The topological polar surface area (TPSA) is 38.7 Å². The van der Waals surface area contributed by atoms with Crippen LogP contribution in [0.1, 0.15) is 32.3 Å². The van der Waals surface area contributed by atoms with Gasteiger partial charge in [-0.1, -0.05) is 11.8 Å². The Labute approximate surface area is 119 Å². The zero-order chi connectivity index (χ0) is 15.0. The summed E-state index contributed by atoms with van der Waals surface area (Å²) in [6, 6.07) is 4.59. The average molecular weight is 280 g/mol. The molecule has 0 radical (unpaired) electrons. The lowest BCUT2D eigenvalue weighted by molar-refractivity contribution is 0.00544. The first-order valence-corrected chi connectivity index (χ1v) is 6.56. The van der Waals surface area contributed by atoms with Crippen molar-refractivity contribution in [2.24, 2.45) is 0 Å². The molecule has 1 N–H and O–H groups in total. The number of hydrogen-bond acceptors (Lipinski definition) is 3. The van der Waals surface area contributed by atoms with Crippen LogP contribution in [0.25, 0.3) is 0 Å². The summed E-state index contributed by atoms with van der Waals surface area (Å²) in [5, 5.41) is 8.61. The highest BCUT2D eigenvalue weighted by Crippen LogP contribution is 2.18. The summed E-state index contributed by atoms with van der Waals surface area (Å²) in [5.74, 6) is 5.41. The van der Waals surface area contributed by atoms with E-state index < -0.39 is 5.82 Å². The molecule has 1 aromatic carbocycles. The van der Waals surface area contributed by atoms with Crippen LogP contribution in [-0.2, 0) is 4.74 Å². The normalized spacial score (nSPS) is 10.8. The number of methoxy groups -OCH3 is 1. The Balaban J connectivity index is 2.58. The molecule has 0 aromatic heterocycles. The van der Waals surface area contributed by atoms with Crippen LogP contribution in [0.2, 0.25) is 0 Å². The Hall–Kier alpha value is -1.57. The van der Waals surface area contributed by atoms with Gasteiger partial charge in [0.2, 0.25) is 0 Å². The quantitative estimate of drug-likeness (QED) is 0.814. The highest BCUT2D eigenvalue weighted by Gasteiger charge is 2.16. The highest BCUT2D eigenvalue weighted by molar-refractivity contribution is 5.39. The van der Waals surface area contributed by atoms with E-state index in [1.807, 2.05) is 13.8 Å². The summed E-state index contributed by atoms with van der Waals surface area (Å²) >= 11 is 0. The lowest BCUT2D eigenvalue weighted by atomic mass is 10.1. The van der Waals surface area contributed by atoms with Crippen LogP contribution in [0.3, 0.4) is 0 Å². The van der Waals surface area contributed by atoms with Crippen molar-refractivity contribution in [3.05, 3.63) is 29.6 Å². The Morgan fingerprint density at radius 1 is 1.35 bits per heavy atom. The van der Waals surface area contributed by atoms with E-state index in [0.717, 1.165) is 0 Å². The van der Waals surface area contributed by atoms with Gasteiger partial charge in [0.15, 0.2) is 0 Å². The first kappa shape index (κ1) is 16.5. The molecule has 0 unspecified atom stereocenters. The molecule has 0 amide bonds. The average Bonchev–Trinajstić information content (AvgIpc) is 2.41. The molecule has 110 valence electrons. The molecule has 20 heavy (non-hydrogen) atoms. The maximum atomic E-state index is 13.7. The third-order valence-electron chi connectivity index (χ3n) is 2.93. The van der Waals surface area contributed by atoms with Gasteiger partial charge in [-0.25, -0.2) is 4.39 Å². The first-order valence-electron chi connectivity index (χ1n) is 6.56. The minimum absolute atomic E-state index is 0.0227. The maximum absolute atomic E-state index is 13.7. The van der Waals surface area contributed by atoms with Crippen LogP contribution >= 0.6 is 0 Å². The molecule has 0 fully saturated rings. The number of rotatable bonds is 6. The van der Waals surface area contributed by atoms with E-state index in [1.54, 1.807) is 19.2 Å². The van der Waals surface area contributed by atoms with Gasteiger partial charge in [0.1, 0.15) is 11.6 Å². The SMILES string of the molecule is COC(C)(C)CCOc1ccc(C#CCCO)c(F)c1. The van der Waals surface area contributed by atoms with Crippen LogP contribution in [-0.4, -0.2) is 31.0 Å². The Morgan fingerprint density at radius 2 is 2.10 bits per heavy atom. The van der Waals surface area contributed by atoms with E-state index in [0.29, 0.717) is 30.8 Å². The molecule has 1 aromatic rings. The molecular formula is C16H21FO3. The predicted molar refractivity (Wildman–Crippen MR) is 76.2 cm³/mol. The zero-order valence-electron chi connectivity index (χ0n) is 12.2. The second-order valence-electron chi connectivity index (χ2n) is 4.98. The number of aliphatic hydroxyl groups is 1. The summed E-state index contributed by atoms with van der Waals surface area (Å²) in [7, 11) is 1.65. The van der Waals surface area contributed by atoms with Crippen molar-refractivity contribution in [3.8, 4) is 17.6 Å². The molecule has 0 aliphatic rings. The van der Waals surface area contributed by atoms with Gasteiger partial charge in [-0.05, 0) is 26.0 Å². The standard InChI is InChI=1S/C16H21FO3/c1-16(2,19-3)9-11-20-14-8-7-13(15(17)12-14)6-4-5-10-18/h7-8,12,18H,5,9-11H2,1-3H3. The zero-order valence-corrected chi connectivity index (χ0v) is 12.2. The van der Waals surface area contributed by atoms with Crippen molar-refractivity contribution in [1.29, 1.82) is 0 Å². The molecule has 0 atom stereocenters. The van der Waals surface area contributed by atoms with Gasteiger partial charge < -0.3 is 14.6 Å². The van der Waals surface area contributed by atoms with Gasteiger partial charge >= 0.3 is 0 Å². The fourth-order valence-corrected chi connectivity index (χ4v) is 1.42. The van der Waals surface area contributed by atoms with Crippen LogP contribution in [0, 0.1) is 17.7 Å². The number of halogens is 1. The van der Waals surface area contributed by atoms with Crippen LogP contribution in [0.5, 0.6) is 5.75 Å². The molecule has 0 heterocycles. The number of ether oxygens (including phenoxy) is 2. The molecule has 0 saturated carbocycles. The van der Waals surface area contributed by atoms with Crippen molar-refractivity contribution in [3.63, 3.8) is 0 Å². The fourth-order valence-electron chi connectivity index (χ4n) is 1.42. The third-order valence-corrected chi connectivity index (χ3v) is 2.93. The number of hydrogen-bond donors (Lipinski definition) is 1. The predicted octanol–water partition coefficient (Wildman–Crippen LogP) is 2.75. The first-order chi connectivity index (χ1) is 9.48. The molecule has 0 spiro atoms. The molecule has 4 heteroatoms. The van der Waals surface area contributed by atoms with E-state index in [1.165, 1.54) is 6.07 Å². The lowest BCUT2D eigenvalue weighted by Crippen LogP contribution is -2.25. The van der Waals surface area contributed by atoms with Gasteiger partial charge in [0.25, 0.3) is 0 Å². The van der Waals surface area contributed by atoms with Crippen molar-refractivity contribution in [2.45, 2.75) is 32.3 Å². The van der Waals surface area contributed by atoms with Gasteiger partial charge in [0, 0.05) is 26.0 Å². The monoisotopic (exact) mass is 280 g/mol. The largest absolute Gasteiger partial charge is 0.493 e. The number of benzene rings is 1. The third kappa shape index (κ3) is 5.60. The van der Waals surface area contributed by atoms with Gasteiger partial charge in [-0.3, -0.25) is 0 Å². The van der Waals surface area contributed by atoms with Crippen LogP contribution in [0.15, 0.2) is 18.2 Å². The van der Waals surface area contributed by atoms with Crippen LogP contribution in [0.4, 0.5) is 4.39 Å². The second kappa shape index (κ2) is 7.88. The summed E-state index contributed by atoms with van der Waals surface area (Å²) in [5.41, 5.74) is 0.0527. The lowest BCUT2D eigenvalue weighted by Gasteiger charge is -2.22. The molecule has 0 aliphatic heterocycles. The van der Waals surface area contributed by atoms with Gasteiger partial charge in [0.05, 0.1) is 24.4 Å². The van der Waals surface area contributed by atoms with E-state index >= 15 is 0 Å². The van der Waals surface area contributed by atoms with Crippen LogP contribution < -0.4 is 4.74 Å². The maximum Gasteiger partial charge on any atom is 0.142 e. The van der Waals surface area contributed by atoms with Crippen molar-refractivity contribution in [2.75, 3.05) is 20.3 Å². The van der Waals surface area contributed by atoms with E-state index in [4.69, 9.17) is 14.6 Å². The summed E-state index contributed by atoms with van der Waals surface area (Å²) in [6.07, 6.45) is 1.05. The Bertz CT molecular complexity index is 486.